The monoisotopic (exact) mass is 399 g/mol. The molecule has 0 aliphatic heterocycles. The van der Waals surface area contributed by atoms with E-state index < -0.39 is 11.8 Å². The molecule has 0 aliphatic rings. The zero-order valence-corrected chi connectivity index (χ0v) is 16.0. The number of hydrogen-bond donors (Lipinski definition) is 2. The highest BCUT2D eigenvalue weighted by atomic mass is 35.5. The van der Waals surface area contributed by atoms with E-state index in [0.29, 0.717) is 28.4 Å². The first-order valence-corrected chi connectivity index (χ1v) is 9.05. The van der Waals surface area contributed by atoms with Crippen molar-refractivity contribution in [3.63, 3.8) is 0 Å². The van der Waals surface area contributed by atoms with Crippen molar-refractivity contribution in [2.24, 2.45) is 0 Å². The third kappa shape index (κ3) is 4.61. The Kier molecular flexibility index (Phi) is 6.16. The summed E-state index contributed by atoms with van der Waals surface area (Å²) in [6.45, 7) is 2.35. The maximum Gasteiger partial charge on any atom is 0.336 e. The number of rotatable bonds is 7. The molecule has 3 aromatic rings. The predicted octanol–water partition coefficient (Wildman–Crippen LogP) is 5.68. The summed E-state index contributed by atoms with van der Waals surface area (Å²) in [5.74, 6) is -0.739. The highest BCUT2D eigenvalue weighted by Crippen LogP contribution is 2.23. The van der Waals surface area contributed by atoms with Crippen LogP contribution < -0.4 is 10.1 Å². The molecular weight excluding hydrogens is 381 g/mol. The van der Waals surface area contributed by atoms with Gasteiger partial charge in [0.15, 0.2) is 0 Å². The van der Waals surface area contributed by atoms with Gasteiger partial charge < -0.3 is 15.2 Å². The van der Waals surface area contributed by atoms with Crippen LogP contribution in [0.15, 0.2) is 60.7 Å². The van der Waals surface area contributed by atoms with Gasteiger partial charge in [-0.25, -0.2) is 9.18 Å². The molecule has 0 aliphatic carbocycles. The first-order valence-electron chi connectivity index (χ1n) is 8.67. The summed E-state index contributed by atoms with van der Waals surface area (Å²) in [4.78, 5) is 11.2. The molecule has 0 fully saturated rings. The van der Waals surface area contributed by atoms with Gasteiger partial charge >= 0.3 is 5.97 Å². The number of carboxylic acids is 1. The quantitative estimate of drug-likeness (QED) is 0.536. The van der Waals surface area contributed by atoms with E-state index in [0.717, 1.165) is 11.3 Å². The molecule has 0 unspecified atom stereocenters. The Hall–Kier alpha value is -3.05. The minimum atomic E-state index is -0.947. The number of aromatic carboxylic acids is 1. The van der Waals surface area contributed by atoms with Gasteiger partial charge in [-0.3, -0.25) is 0 Å². The van der Waals surface area contributed by atoms with E-state index in [9.17, 15) is 14.3 Å². The average molecular weight is 400 g/mol. The van der Waals surface area contributed by atoms with Gasteiger partial charge in [-0.2, -0.15) is 0 Å². The Morgan fingerprint density at radius 2 is 1.82 bits per heavy atom. The van der Waals surface area contributed by atoms with E-state index in [1.54, 1.807) is 43.3 Å². The van der Waals surface area contributed by atoms with Crippen molar-refractivity contribution in [3.05, 3.63) is 93.8 Å². The maximum atomic E-state index is 13.8. The second-order valence-electron chi connectivity index (χ2n) is 6.27. The van der Waals surface area contributed by atoms with E-state index in [-0.39, 0.29) is 12.2 Å². The number of carbonyl (C=O) groups is 1. The second kappa shape index (κ2) is 8.76. The van der Waals surface area contributed by atoms with E-state index in [4.69, 9.17) is 16.3 Å². The Labute approximate surface area is 167 Å². The highest BCUT2D eigenvalue weighted by Gasteiger charge is 2.10. The van der Waals surface area contributed by atoms with Crippen molar-refractivity contribution in [3.8, 4) is 5.75 Å². The van der Waals surface area contributed by atoms with Crippen LogP contribution in [0.25, 0.3) is 0 Å². The van der Waals surface area contributed by atoms with E-state index in [1.807, 2.05) is 18.2 Å². The summed E-state index contributed by atoms with van der Waals surface area (Å²) in [7, 11) is 0. The van der Waals surface area contributed by atoms with Gasteiger partial charge in [-0.1, -0.05) is 35.9 Å². The SMILES string of the molecule is Cc1c(NCc2ccc(OCc3c(F)cccc3Cl)cc2)cccc1C(=O)O. The van der Waals surface area contributed by atoms with Crippen molar-refractivity contribution in [1.82, 2.24) is 0 Å². The van der Waals surface area contributed by atoms with E-state index in [1.165, 1.54) is 6.07 Å². The first-order chi connectivity index (χ1) is 13.5. The Morgan fingerprint density at radius 3 is 2.50 bits per heavy atom. The molecule has 0 amide bonds. The molecule has 6 heteroatoms. The standard InChI is InChI=1S/C22H19ClFNO3/c1-14-17(22(26)27)4-2-7-21(14)25-12-15-8-10-16(11-9-15)28-13-18-19(23)5-3-6-20(18)24/h2-11,25H,12-13H2,1H3,(H,26,27). The molecule has 0 saturated carbocycles. The molecule has 0 heterocycles. The largest absolute Gasteiger partial charge is 0.489 e. The zero-order chi connectivity index (χ0) is 20.1. The van der Waals surface area contributed by atoms with E-state index >= 15 is 0 Å². The summed E-state index contributed by atoms with van der Waals surface area (Å²) in [5, 5.41) is 12.8. The zero-order valence-electron chi connectivity index (χ0n) is 15.2. The molecule has 3 aromatic carbocycles. The van der Waals surface area contributed by atoms with Gasteiger partial charge in [0.1, 0.15) is 18.2 Å². The van der Waals surface area contributed by atoms with Crippen LogP contribution in [0.4, 0.5) is 10.1 Å². The number of benzene rings is 3. The third-order valence-corrected chi connectivity index (χ3v) is 4.77. The number of hydrogen-bond acceptors (Lipinski definition) is 3. The molecule has 0 atom stereocenters. The highest BCUT2D eigenvalue weighted by molar-refractivity contribution is 6.31. The molecule has 4 nitrogen and oxygen atoms in total. The van der Waals surface area contributed by atoms with Crippen LogP contribution in [0.2, 0.25) is 5.02 Å². The van der Waals surface area contributed by atoms with Gasteiger partial charge in [0.05, 0.1) is 10.6 Å². The Balaban J connectivity index is 1.61. The molecular formula is C22H19ClFNO3. The van der Waals surface area contributed by atoms with Crippen molar-refractivity contribution < 1.29 is 19.0 Å². The molecule has 144 valence electrons. The number of nitrogens with one attached hydrogen (secondary N) is 1. The lowest BCUT2D eigenvalue weighted by Gasteiger charge is -2.12. The fraction of sp³-hybridized carbons (Fsp3) is 0.136. The van der Waals surface area contributed by atoms with Crippen LogP contribution in [0.3, 0.4) is 0 Å². The predicted molar refractivity (Wildman–Crippen MR) is 108 cm³/mol. The maximum absolute atomic E-state index is 13.8. The molecule has 28 heavy (non-hydrogen) atoms. The lowest BCUT2D eigenvalue weighted by Crippen LogP contribution is -2.05. The third-order valence-electron chi connectivity index (χ3n) is 4.42. The number of ether oxygens (including phenoxy) is 1. The minimum Gasteiger partial charge on any atom is -0.489 e. The summed E-state index contributed by atoms with van der Waals surface area (Å²) >= 11 is 6.00. The fourth-order valence-electron chi connectivity index (χ4n) is 2.79. The summed E-state index contributed by atoms with van der Waals surface area (Å²) in [6.07, 6.45) is 0. The van der Waals surface area contributed by atoms with Crippen LogP contribution in [0, 0.1) is 12.7 Å². The lowest BCUT2D eigenvalue weighted by atomic mass is 10.1. The van der Waals surface area contributed by atoms with Crippen LogP contribution in [0.5, 0.6) is 5.75 Å². The van der Waals surface area contributed by atoms with Crippen molar-refractivity contribution in [1.29, 1.82) is 0 Å². The summed E-state index contributed by atoms with van der Waals surface area (Å²) in [6, 6.07) is 17.0. The van der Waals surface area contributed by atoms with Gasteiger partial charge in [0.25, 0.3) is 0 Å². The van der Waals surface area contributed by atoms with Crippen LogP contribution in [-0.2, 0) is 13.2 Å². The fourth-order valence-corrected chi connectivity index (χ4v) is 3.00. The van der Waals surface area contributed by atoms with Crippen molar-refractivity contribution in [2.75, 3.05) is 5.32 Å². The Morgan fingerprint density at radius 1 is 1.11 bits per heavy atom. The van der Waals surface area contributed by atoms with Gasteiger partial charge in [-0.05, 0) is 54.4 Å². The van der Waals surface area contributed by atoms with Gasteiger partial charge in [0.2, 0.25) is 0 Å². The molecule has 0 aromatic heterocycles. The topological polar surface area (TPSA) is 58.6 Å². The number of anilines is 1. The average Bonchev–Trinajstić information content (AvgIpc) is 2.67. The van der Waals surface area contributed by atoms with Crippen LogP contribution in [0.1, 0.15) is 27.0 Å². The first kappa shape index (κ1) is 19.7. The summed E-state index contributed by atoms with van der Waals surface area (Å²) < 4.78 is 19.4. The normalized spacial score (nSPS) is 10.5. The van der Waals surface area contributed by atoms with Gasteiger partial charge in [0, 0.05) is 17.8 Å². The van der Waals surface area contributed by atoms with Gasteiger partial charge in [-0.15, -0.1) is 0 Å². The number of carboxylic acid groups (broad SMARTS) is 1. The molecule has 0 saturated heterocycles. The minimum absolute atomic E-state index is 0.0459. The lowest BCUT2D eigenvalue weighted by molar-refractivity contribution is 0.0696. The smallest absolute Gasteiger partial charge is 0.336 e. The number of halogens is 2. The van der Waals surface area contributed by atoms with Crippen molar-refractivity contribution in [2.45, 2.75) is 20.1 Å². The van der Waals surface area contributed by atoms with Crippen molar-refractivity contribution >= 4 is 23.3 Å². The Bertz CT molecular complexity index is 969. The molecule has 0 radical (unpaired) electrons. The molecule has 0 spiro atoms. The second-order valence-corrected chi connectivity index (χ2v) is 6.68. The van der Waals surface area contributed by atoms with Crippen LogP contribution in [-0.4, -0.2) is 11.1 Å². The van der Waals surface area contributed by atoms with E-state index in [2.05, 4.69) is 5.32 Å². The van der Waals surface area contributed by atoms with Crippen LogP contribution >= 0.6 is 11.6 Å². The summed E-state index contributed by atoms with van der Waals surface area (Å²) in [5.41, 5.74) is 3.06. The molecule has 2 N–H and O–H groups in total. The molecule has 0 bridgehead atoms. The molecule has 3 rings (SSSR count).